The number of hydrogen-bond acceptors (Lipinski definition) is 5. The highest BCUT2D eigenvalue weighted by Crippen LogP contribution is 2.22. The van der Waals surface area contributed by atoms with Gasteiger partial charge in [0.2, 0.25) is 0 Å². The number of para-hydroxylation sites is 1. The highest BCUT2D eigenvalue weighted by Gasteiger charge is 2.21. The van der Waals surface area contributed by atoms with Crippen molar-refractivity contribution in [3.8, 4) is 0 Å². The Morgan fingerprint density at radius 2 is 1.92 bits per heavy atom. The van der Waals surface area contributed by atoms with Gasteiger partial charge in [0.15, 0.2) is 11.9 Å². The van der Waals surface area contributed by atoms with Gasteiger partial charge in [0, 0.05) is 11.6 Å². The van der Waals surface area contributed by atoms with E-state index in [2.05, 4.69) is 15.3 Å². The molecule has 0 aliphatic heterocycles. The van der Waals surface area contributed by atoms with Crippen LogP contribution in [0.4, 0.5) is 5.82 Å². The maximum atomic E-state index is 12.2. The zero-order chi connectivity index (χ0) is 18.7. The fourth-order valence-electron chi connectivity index (χ4n) is 2.18. The quantitative estimate of drug-likeness (QED) is 0.678. The van der Waals surface area contributed by atoms with E-state index in [0.29, 0.717) is 10.5 Å². The monoisotopic (exact) mass is 389 g/mol. The first-order valence-corrected chi connectivity index (χ1v) is 8.38. The zero-order valence-electron chi connectivity index (χ0n) is 13.6. The number of hydrogen-bond donors (Lipinski definition) is 1. The van der Waals surface area contributed by atoms with Crippen LogP contribution in [0.25, 0.3) is 10.9 Å². The molecule has 8 heteroatoms. The van der Waals surface area contributed by atoms with Crippen molar-refractivity contribution < 1.29 is 14.3 Å². The molecular weight excluding hydrogens is 377 g/mol. The van der Waals surface area contributed by atoms with E-state index in [1.807, 2.05) is 18.2 Å². The molecule has 2 heterocycles. The van der Waals surface area contributed by atoms with Gasteiger partial charge in [0.05, 0.1) is 15.6 Å². The molecule has 0 aliphatic carbocycles. The van der Waals surface area contributed by atoms with Crippen molar-refractivity contribution in [2.75, 3.05) is 5.32 Å². The van der Waals surface area contributed by atoms with Gasteiger partial charge >= 0.3 is 5.97 Å². The summed E-state index contributed by atoms with van der Waals surface area (Å²) in [5.74, 6) is -1.14. The molecular formula is C18H13Cl2N3O3. The lowest BCUT2D eigenvalue weighted by molar-refractivity contribution is -0.123. The molecule has 0 fully saturated rings. The van der Waals surface area contributed by atoms with E-state index in [1.165, 1.54) is 19.2 Å². The van der Waals surface area contributed by atoms with Gasteiger partial charge in [-0.1, -0.05) is 47.5 Å². The molecule has 0 unspecified atom stereocenters. The number of nitrogens with one attached hydrogen (secondary N) is 1. The van der Waals surface area contributed by atoms with Crippen LogP contribution in [0.1, 0.15) is 17.4 Å². The predicted molar refractivity (Wildman–Crippen MR) is 99.5 cm³/mol. The predicted octanol–water partition coefficient (Wildman–Crippen LogP) is 4.12. The van der Waals surface area contributed by atoms with Crippen molar-refractivity contribution in [3.05, 3.63) is 64.4 Å². The van der Waals surface area contributed by atoms with E-state index in [-0.39, 0.29) is 16.5 Å². The number of ether oxygens (including phenoxy) is 1. The highest BCUT2D eigenvalue weighted by atomic mass is 35.5. The van der Waals surface area contributed by atoms with Crippen LogP contribution in [0.2, 0.25) is 10.0 Å². The lowest BCUT2D eigenvalue weighted by Gasteiger charge is -2.13. The molecule has 0 radical (unpaired) electrons. The van der Waals surface area contributed by atoms with Crippen molar-refractivity contribution in [1.82, 2.24) is 9.97 Å². The van der Waals surface area contributed by atoms with E-state index in [1.54, 1.807) is 18.2 Å². The van der Waals surface area contributed by atoms with Crippen molar-refractivity contribution in [1.29, 1.82) is 0 Å². The maximum absolute atomic E-state index is 12.2. The molecule has 3 rings (SSSR count). The number of pyridine rings is 2. The van der Waals surface area contributed by atoms with Crippen LogP contribution >= 0.6 is 23.2 Å². The largest absolute Gasteiger partial charge is 0.448 e. The average molecular weight is 390 g/mol. The minimum atomic E-state index is -1.07. The van der Waals surface area contributed by atoms with E-state index < -0.39 is 18.0 Å². The summed E-state index contributed by atoms with van der Waals surface area (Å²) in [4.78, 5) is 32.6. The third-order valence-electron chi connectivity index (χ3n) is 3.51. The average Bonchev–Trinajstić information content (AvgIpc) is 2.63. The third-order valence-corrected chi connectivity index (χ3v) is 4.00. The molecule has 0 saturated carbocycles. The normalized spacial score (nSPS) is 11.8. The molecule has 26 heavy (non-hydrogen) atoms. The summed E-state index contributed by atoms with van der Waals surface area (Å²) in [6, 6.07) is 12.1. The van der Waals surface area contributed by atoms with E-state index in [9.17, 15) is 9.59 Å². The number of benzene rings is 1. The molecule has 3 aromatic rings. The van der Waals surface area contributed by atoms with Crippen LogP contribution in [-0.4, -0.2) is 27.9 Å². The standard InChI is InChI=1S/C18H13Cl2N3O3/c1-10(17(24)23-16-13(20)8-12(19)9-21-16)26-18(25)15-7-6-11-4-2-3-5-14(11)22-15/h2-10H,1H3,(H,21,23,24)/t10-/m0/s1. The van der Waals surface area contributed by atoms with Gasteiger partial charge in [-0.3, -0.25) is 4.79 Å². The number of halogens is 2. The van der Waals surface area contributed by atoms with Gasteiger partial charge in [-0.2, -0.15) is 0 Å². The smallest absolute Gasteiger partial charge is 0.357 e. The summed E-state index contributed by atoms with van der Waals surface area (Å²) in [6.45, 7) is 1.44. The molecule has 0 saturated heterocycles. The molecule has 1 atom stereocenters. The minimum absolute atomic E-state index is 0.117. The number of amides is 1. The summed E-state index contributed by atoms with van der Waals surface area (Å²) in [7, 11) is 0. The first-order chi connectivity index (χ1) is 12.4. The highest BCUT2D eigenvalue weighted by molar-refractivity contribution is 6.36. The Kier molecular flexibility index (Phi) is 5.35. The molecule has 1 aromatic carbocycles. The second kappa shape index (κ2) is 7.68. The third kappa shape index (κ3) is 4.09. The Labute approximate surface area is 159 Å². The molecule has 0 bridgehead atoms. The second-order valence-corrected chi connectivity index (χ2v) is 6.25. The number of rotatable bonds is 4. The minimum Gasteiger partial charge on any atom is -0.448 e. The summed E-state index contributed by atoms with van der Waals surface area (Å²) < 4.78 is 5.17. The Balaban J connectivity index is 1.68. The molecule has 1 N–H and O–H groups in total. The number of esters is 1. The van der Waals surface area contributed by atoms with Crippen LogP contribution < -0.4 is 5.32 Å². The first kappa shape index (κ1) is 18.1. The number of fused-ring (bicyclic) bond motifs is 1. The summed E-state index contributed by atoms with van der Waals surface area (Å²) in [6.07, 6.45) is 0.281. The van der Waals surface area contributed by atoms with Crippen molar-refractivity contribution in [2.24, 2.45) is 0 Å². The Hall–Kier alpha value is -2.70. The summed E-state index contributed by atoms with van der Waals surface area (Å²) >= 11 is 11.7. The van der Waals surface area contributed by atoms with Crippen molar-refractivity contribution in [2.45, 2.75) is 13.0 Å². The molecule has 1 amide bonds. The first-order valence-electron chi connectivity index (χ1n) is 7.63. The number of anilines is 1. The Morgan fingerprint density at radius 1 is 1.15 bits per heavy atom. The summed E-state index contributed by atoms with van der Waals surface area (Å²) in [5.41, 5.74) is 0.780. The van der Waals surface area contributed by atoms with Crippen LogP contribution in [0.5, 0.6) is 0 Å². The number of carbonyl (C=O) groups is 2. The molecule has 6 nitrogen and oxygen atoms in total. The molecule has 132 valence electrons. The zero-order valence-corrected chi connectivity index (χ0v) is 15.1. The molecule has 0 aliphatic rings. The van der Waals surface area contributed by atoms with Gasteiger partial charge in [0.25, 0.3) is 5.91 Å². The Morgan fingerprint density at radius 3 is 2.69 bits per heavy atom. The van der Waals surface area contributed by atoms with Crippen molar-refractivity contribution >= 4 is 51.8 Å². The van der Waals surface area contributed by atoms with Gasteiger partial charge in [0.1, 0.15) is 5.69 Å². The fourth-order valence-corrected chi connectivity index (χ4v) is 2.61. The lowest BCUT2D eigenvalue weighted by atomic mass is 10.2. The number of nitrogens with zero attached hydrogens (tertiary/aromatic N) is 2. The van der Waals surface area contributed by atoms with Gasteiger partial charge in [-0.25, -0.2) is 14.8 Å². The number of aromatic nitrogens is 2. The molecule has 0 spiro atoms. The van der Waals surface area contributed by atoms with Crippen LogP contribution in [0.3, 0.4) is 0 Å². The molecule has 2 aromatic heterocycles. The Bertz CT molecular complexity index is 994. The van der Waals surface area contributed by atoms with Gasteiger partial charge in [-0.05, 0) is 25.1 Å². The van der Waals surface area contributed by atoms with Crippen LogP contribution in [0.15, 0.2) is 48.7 Å². The van der Waals surface area contributed by atoms with Crippen molar-refractivity contribution in [3.63, 3.8) is 0 Å². The number of carbonyl (C=O) groups excluding carboxylic acids is 2. The van der Waals surface area contributed by atoms with Gasteiger partial charge < -0.3 is 10.1 Å². The van der Waals surface area contributed by atoms with Crippen LogP contribution in [0, 0.1) is 0 Å². The lowest BCUT2D eigenvalue weighted by Crippen LogP contribution is -2.30. The fraction of sp³-hybridized carbons (Fsp3) is 0.111. The van der Waals surface area contributed by atoms with E-state index >= 15 is 0 Å². The van der Waals surface area contributed by atoms with E-state index in [0.717, 1.165) is 5.39 Å². The maximum Gasteiger partial charge on any atom is 0.357 e. The second-order valence-electron chi connectivity index (χ2n) is 5.41. The topological polar surface area (TPSA) is 81.2 Å². The SMILES string of the molecule is C[C@H](OC(=O)c1ccc2ccccc2n1)C(=O)Nc1ncc(Cl)cc1Cl. The van der Waals surface area contributed by atoms with Gasteiger partial charge in [-0.15, -0.1) is 0 Å². The van der Waals surface area contributed by atoms with Crippen LogP contribution in [-0.2, 0) is 9.53 Å². The summed E-state index contributed by atoms with van der Waals surface area (Å²) in [5, 5.41) is 3.91. The van der Waals surface area contributed by atoms with E-state index in [4.69, 9.17) is 27.9 Å².